The largest absolute Gasteiger partial charge is 0.405 e. The lowest BCUT2D eigenvalue weighted by Crippen LogP contribution is -2.34. The van der Waals surface area contributed by atoms with Crippen LogP contribution >= 0.6 is 0 Å². The lowest BCUT2D eigenvalue weighted by Gasteiger charge is -2.15. The topological polar surface area (TPSA) is 104 Å². The number of hydrogen-bond donors (Lipinski definition) is 3. The first-order valence-electron chi connectivity index (χ1n) is 8.24. The first-order chi connectivity index (χ1) is 13.4. The Morgan fingerprint density at radius 3 is 2.34 bits per heavy atom. The normalized spacial score (nSPS) is 11.6. The van der Waals surface area contributed by atoms with Crippen molar-refractivity contribution >= 4 is 33.2 Å². The number of nitrogens with one attached hydrogen (secondary N) is 3. The van der Waals surface area contributed by atoms with Gasteiger partial charge in [0.1, 0.15) is 6.54 Å². The highest BCUT2D eigenvalue weighted by Gasteiger charge is 2.28. The van der Waals surface area contributed by atoms with Gasteiger partial charge < -0.3 is 10.6 Å². The number of amides is 2. The molecule has 0 aliphatic rings. The van der Waals surface area contributed by atoms with E-state index in [2.05, 4.69) is 10.0 Å². The summed E-state index contributed by atoms with van der Waals surface area (Å²) in [6.45, 7) is 1.25. The molecule has 2 aromatic rings. The molecule has 0 bridgehead atoms. The zero-order valence-electron chi connectivity index (χ0n) is 15.4. The maximum atomic E-state index is 12.8. The number of halogens is 3. The standard InChI is InChI=1S/C18H18F3N3O4S/c1-11-7-8-13(23-12(2)25)9-16(11)29(27,28)24-15-6-4-3-5-14(15)17(26)22-10-18(19,20)21/h3-9,24H,10H2,1-2H3,(H,22,26)(H,23,25). The Bertz CT molecular complexity index is 1040. The SMILES string of the molecule is CC(=O)Nc1ccc(C)c(S(=O)(=O)Nc2ccccc2C(=O)NCC(F)(F)F)c1. The number of anilines is 2. The molecule has 11 heteroatoms. The van der Waals surface area contributed by atoms with E-state index in [1.807, 2.05) is 0 Å². The molecule has 3 N–H and O–H groups in total. The smallest absolute Gasteiger partial charge is 0.343 e. The Morgan fingerprint density at radius 2 is 1.72 bits per heavy atom. The Kier molecular flexibility index (Phi) is 6.52. The summed E-state index contributed by atoms with van der Waals surface area (Å²) in [5.41, 5.74) is 0.165. The van der Waals surface area contributed by atoms with E-state index in [4.69, 9.17) is 0 Å². The predicted molar refractivity (Wildman–Crippen MR) is 101 cm³/mol. The Labute approximate surface area is 165 Å². The molecular weight excluding hydrogens is 411 g/mol. The summed E-state index contributed by atoms with van der Waals surface area (Å²) in [6, 6.07) is 9.53. The van der Waals surface area contributed by atoms with Crippen LogP contribution in [0, 0.1) is 6.92 Å². The highest BCUT2D eigenvalue weighted by Crippen LogP contribution is 2.25. The molecular formula is C18H18F3N3O4S. The molecule has 0 saturated carbocycles. The van der Waals surface area contributed by atoms with Crippen molar-refractivity contribution in [3.05, 3.63) is 53.6 Å². The number of carbonyl (C=O) groups is 2. The van der Waals surface area contributed by atoms with Crippen LogP contribution in [0.3, 0.4) is 0 Å². The van der Waals surface area contributed by atoms with Gasteiger partial charge in [-0.25, -0.2) is 8.42 Å². The summed E-state index contributed by atoms with van der Waals surface area (Å²) in [7, 11) is -4.21. The summed E-state index contributed by atoms with van der Waals surface area (Å²) in [6.07, 6.45) is -4.61. The second-order valence-corrected chi connectivity index (χ2v) is 7.76. The number of aryl methyl sites for hydroxylation is 1. The Balaban J connectivity index is 2.34. The summed E-state index contributed by atoms with van der Waals surface area (Å²) >= 11 is 0. The first kappa shape index (κ1) is 22.2. The van der Waals surface area contributed by atoms with Crippen molar-refractivity contribution < 1.29 is 31.2 Å². The quantitative estimate of drug-likeness (QED) is 0.657. The van der Waals surface area contributed by atoms with E-state index in [9.17, 15) is 31.2 Å². The van der Waals surface area contributed by atoms with Crippen molar-refractivity contribution in [1.29, 1.82) is 0 Å². The lowest BCUT2D eigenvalue weighted by atomic mass is 10.1. The van der Waals surface area contributed by atoms with Crippen LogP contribution < -0.4 is 15.4 Å². The fraction of sp³-hybridized carbons (Fsp3) is 0.222. The number of para-hydroxylation sites is 1. The molecule has 156 valence electrons. The van der Waals surface area contributed by atoms with Crippen LogP contribution in [0.15, 0.2) is 47.4 Å². The second kappa shape index (κ2) is 8.52. The maximum Gasteiger partial charge on any atom is 0.405 e. The molecule has 2 aromatic carbocycles. The molecule has 0 aliphatic carbocycles. The van der Waals surface area contributed by atoms with Crippen LogP contribution in [0.4, 0.5) is 24.5 Å². The number of carbonyl (C=O) groups excluding carboxylic acids is 2. The third kappa shape index (κ3) is 6.21. The molecule has 0 atom stereocenters. The molecule has 2 rings (SSSR count). The van der Waals surface area contributed by atoms with Gasteiger partial charge in [0.2, 0.25) is 5.91 Å². The number of rotatable bonds is 6. The van der Waals surface area contributed by atoms with Gasteiger partial charge in [-0.1, -0.05) is 18.2 Å². The molecule has 7 nitrogen and oxygen atoms in total. The molecule has 29 heavy (non-hydrogen) atoms. The molecule has 0 fully saturated rings. The van der Waals surface area contributed by atoms with Gasteiger partial charge >= 0.3 is 6.18 Å². The van der Waals surface area contributed by atoms with Crippen LogP contribution in [0.1, 0.15) is 22.8 Å². The van der Waals surface area contributed by atoms with E-state index >= 15 is 0 Å². The average molecular weight is 429 g/mol. The summed E-state index contributed by atoms with van der Waals surface area (Å²) < 4.78 is 64.9. The van der Waals surface area contributed by atoms with Crippen LogP contribution in [0.5, 0.6) is 0 Å². The fourth-order valence-corrected chi connectivity index (χ4v) is 3.77. The monoisotopic (exact) mass is 429 g/mol. The molecule has 0 spiro atoms. The van der Waals surface area contributed by atoms with Gasteiger partial charge in [0.05, 0.1) is 16.1 Å². The average Bonchev–Trinajstić information content (AvgIpc) is 2.60. The van der Waals surface area contributed by atoms with Gasteiger partial charge in [-0.15, -0.1) is 0 Å². The molecule has 0 radical (unpaired) electrons. The van der Waals surface area contributed by atoms with Gasteiger partial charge in [0.25, 0.3) is 15.9 Å². The molecule has 0 heterocycles. The number of hydrogen-bond acceptors (Lipinski definition) is 4. The van der Waals surface area contributed by atoms with E-state index < -0.39 is 34.6 Å². The number of benzene rings is 2. The summed E-state index contributed by atoms with van der Waals surface area (Å²) in [4.78, 5) is 23.1. The van der Waals surface area contributed by atoms with Gasteiger partial charge in [0.15, 0.2) is 0 Å². The zero-order valence-corrected chi connectivity index (χ0v) is 16.2. The van der Waals surface area contributed by atoms with Crippen molar-refractivity contribution in [3.63, 3.8) is 0 Å². The van der Waals surface area contributed by atoms with Gasteiger partial charge in [-0.2, -0.15) is 13.2 Å². The minimum Gasteiger partial charge on any atom is -0.343 e. The fourth-order valence-electron chi connectivity index (χ4n) is 2.42. The zero-order chi connectivity index (χ0) is 21.8. The summed E-state index contributed by atoms with van der Waals surface area (Å²) in [5.74, 6) is -1.47. The Hall–Kier alpha value is -3.08. The number of alkyl halides is 3. The third-order valence-electron chi connectivity index (χ3n) is 3.66. The van der Waals surface area contributed by atoms with Gasteiger partial charge in [-0.3, -0.25) is 14.3 Å². The Morgan fingerprint density at radius 1 is 1.07 bits per heavy atom. The molecule has 0 aliphatic heterocycles. The highest BCUT2D eigenvalue weighted by atomic mass is 32.2. The summed E-state index contributed by atoms with van der Waals surface area (Å²) in [5, 5.41) is 4.17. The minimum absolute atomic E-state index is 0.158. The van der Waals surface area contributed by atoms with Crippen LogP contribution in [0.2, 0.25) is 0 Å². The first-order valence-corrected chi connectivity index (χ1v) is 9.72. The van der Waals surface area contributed by atoms with Crippen molar-refractivity contribution in [1.82, 2.24) is 5.32 Å². The predicted octanol–water partition coefficient (Wildman–Crippen LogP) is 3.05. The molecule has 0 aromatic heterocycles. The van der Waals surface area contributed by atoms with Crippen molar-refractivity contribution in [2.45, 2.75) is 24.9 Å². The third-order valence-corrected chi connectivity index (χ3v) is 5.17. The molecule has 2 amide bonds. The van der Waals surface area contributed by atoms with E-state index in [-0.39, 0.29) is 21.8 Å². The van der Waals surface area contributed by atoms with Crippen LogP contribution in [-0.2, 0) is 14.8 Å². The molecule has 0 saturated heterocycles. The van der Waals surface area contributed by atoms with Crippen LogP contribution in [-0.4, -0.2) is 33.0 Å². The highest BCUT2D eigenvalue weighted by molar-refractivity contribution is 7.92. The lowest BCUT2D eigenvalue weighted by molar-refractivity contribution is -0.123. The molecule has 0 unspecified atom stereocenters. The van der Waals surface area contributed by atoms with Crippen molar-refractivity contribution in [2.24, 2.45) is 0 Å². The van der Waals surface area contributed by atoms with E-state index in [1.54, 1.807) is 5.32 Å². The van der Waals surface area contributed by atoms with Gasteiger partial charge in [0, 0.05) is 12.6 Å². The maximum absolute atomic E-state index is 12.8. The minimum atomic E-state index is -4.61. The number of sulfonamides is 1. The van der Waals surface area contributed by atoms with E-state index in [1.165, 1.54) is 56.3 Å². The van der Waals surface area contributed by atoms with Gasteiger partial charge in [-0.05, 0) is 36.8 Å². The van der Waals surface area contributed by atoms with E-state index in [0.29, 0.717) is 5.56 Å². The van der Waals surface area contributed by atoms with Crippen LogP contribution in [0.25, 0.3) is 0 Å². The van der Waals surface area contributed by atoms with Crippen molar-refractivity contribution in [2.75, 3.05) is 16.6 Å². The van der Waals surface area contributed by atoms with E-state index in [0.717, 1.165) is 0 Å². The second-order valence-electron chi connectivity index (χ2n) is 6.11. The van der Waals surface area contributed by atoms with Crippen molar-refractivity contribution in [3.8, 4) is 0 Å².